The molecule has 0 spiro atoms. The number of amides is 1. The second-order valence-electron chi connectivity index (χ2n) is 5.84. The van der Waals surface area contributed by atoms with Crippen LogP contribution < -0.4 is 10.1 Å². The van der Waals surface area contributed by atoms with Gasteiger partial charge in [0.05, 0.1) is 13.2 Å². The molecule has 1 unspecified atom stereocenters. The van der Waals surface area contributed by atoms with Crippen molar-refractivity contribution in [2.75, 3.05) is 19.0 Å². The Morgan fingerprint density at radius 2 is 2.12 bits per heavy atom. The molecule has 1 atom stereocenters. The Morgan fingerprint density at radius 3 is 2.79 bits per heavy atom. The van der Waals surface area contributed by atoms with Crippen LogP contribution in [-0.4, -0.2) is 35.5 Å². The van der Waals surface area contributed by atoms with Crippen LogP contribution in [0.1, 0.15) is 18.4 Å². The number of likely N-dealkylation sites (tertiary alicyclic amines) is 1. The Bertz CT molecular complexity index is 688. The number of methoxy groups -OCH3 is 1. The quantitative estimate of drug-likeness (QED) is 0.844. The molecule has 0 radical (unpaired) electrons. The molecule has 0 bridgehead atoms. The molecule has 1 aliphatic rings. The van der Waals surface area contributed by atoms with Crippen molar-refractivity contribution in [2.45, 2.75) is 25.4 Å². The van der Waals surface area contributed by atoms with E-state index in [-0.39, 0.29) is 11.9 Å². The number of carbonyl (C=O) groups is 1. The molecule has 126 valence electrons. The summed E-state index contributed by atoms with van der Waals surface area (Å²) in [6, 6.07) is 11.0. The van der Waals surface area contributed by atoms with Crippen molar-refractivity contribution in [1.29, 1.82) is 0 Å². The molecule has 1 aliphatic heterocycles. The molecular formula is C18H20ClN3O2. The predicted molar refractivity (Wildman–Crippen MR) is 94.3 cm³/mol. The van der Waals surface area contributed by atoms with Crippen molar-refractivity contribution in [3.05, 3.63) is 53.3 Å². The Morgan fingerprint density at radius 1 is 1.33 bits per heavy atom. The second kappa shape index (κ2) is 7.64. The van der Waals surface area contributed by atoms with Crippen LogP contribution in [0.3, 0.4) is 0 Å². The molecular weight excluding hydrogens is 326 g/mol. The van der Waals surface area contributed by atoms with E-state index >= 15 is 0 Å². The summed E-state index contributed by atoms with van der Waals surface area (Å²) >= 11 is 5.82. The third-order valence-electron chi connectivity index (χ3n) is 4.20. The molecule has 0 aliphatic carbocycles. The number of carbonyl (C=O) groups excluding carboxylic acids is 1. The zero-order chi connectivity index (χ0) is 16.9. The van der Waals surface area contributed by atoms with Crippen molar-refractivity contribution in [3.63, 3.8) is 0 Å². The van der Waals surface area contributed by atoms with Crippen LogP contribution in [-0.2, 0) is 11.3 Å². The number of aromatic nitrogens is 1. The summed E-state index contributed by atoms with van der Waals surface area (Å²) in [7, 11) is 1.62. The van der Waals surface area contributed by atoms with Gasteiger partial charge in [-0.15, -0.1) is 0 Å². The van der Waals surface area contributed by atoms with Gasteiger partial charge in [-0.2, -0.15) is 0 Å². The molecule has 2 heterocycles. The molecule has 1 N–H and O–H groups in total. The maximum absolute atomic E-state index is 12.6. The standard InChI is InChI=1S/C18H20ClN3O2/c1-24-15-7-5-14(6-8-15)21-18(23)16-3-2-10-22(16)12-13-4-9-17(19)20-11-13/h4-9,11,16H,2-3,10,12H2,1H3,(H,21,23). The molecule has 5 nitrogen and oxygen atoms in total. The molecule has 0 saturated carbocycles. The first-order chi connectivity index (χ1) is 11.7. The van der Waals surface area contributed by atoms with E-state index in [0.29, 0.717) is 11.7 Å². The van der Waals surface area contributed by atoms with Crippen molar-refractivity contribution >= 4 is 23.2 Å². The van der Waals surface area contributed by atoms with Gasteiger partial charge >= 0.3 is 0 Å². The molecule has 1 aromatic carbocycles. The molecule has 1 saturated heterocycles. The number of anilines is 1. The summed E-state index contributed by atoms with van der Waals surface area (Å²) in [6.45, 7) is 1.61. The molecule has 2 aromatic rings. The second-order valence-corrected chi connectivity index (χ2v) is 6.22. The van der Waals surface area contributed by atoms with E-state index in [0.717, 1.165) is 36.4 Å². The fourth-order valence-corrected chi connectivity index (χ4v) is 3.06. The Labute approximate surface area is 146 Å². The number of benzene rings is 1. The fraction of sp³-hybridized carbons (Fsp3) is 0.333. The zero-order valence-corrected chi connectivity index (χ0v) is 14.3. The van der Waals surface area contributed by atoms with Gasteiger partial charge < -0.3 is 10.1 Å². The highest BCUT2D eigenvalue weighted by molar-refractivity contribution is 6.29. The smallest absolute Gasteiger partial charge is 0.241 e. The van der Waals surface area contributed by atoms with Gasteiger partial charge in [-0.25, -0.2) is 4.98 Å². The lowest BCUT2D eigenvalue weighted by molar-refractivity contribution is -0.120. The molecule has 6 heteroatoms. The van der Waals surface area contributed by atoms with E-state index in [2.05, 4.69) is 15.2 Å². The minimum absolute atomic E-state index is 0.0274. The van der Waals surface area contributed by atoms with Gasteiger partial charge in [0.25, 0.3) is 0 Å². The summed E-state index contributed by atoms with van der Waals surface area (Å²) < 4.78 is 5.13. The van der Waals surface area contributed by atoms with E-state index in [1.807, 2.05) is 30.3 Å². The Kier molecular flexibility index (Phi) is 5.33. The van der Waals surface area contributed by atoms with Gasteiger partial charge in [0.2, 0.25) is 5.91 Å². The lowest BCUT2D eigenvalue weighted by Crippen LogP contribution is -2.39. The molecule has 3 rings (SSSR count). The number of nitrogens with zero attached hydrogens (tertiary/aromatic N) is 2. The van der Waals surface area contributed by atoms with E-state index in [1.54, 1.807) is 19.4 Å². The summed E-state index contributed by atoms with van der Waals surface area (Å²) in [5.74, 6) is 0.797. The van der Waals surface area contributed by atoms with Crippen molar-refractivity contribution in [3.8, 4) is 5.75 Å². The summed E-state index contributed by atoms with van der Waals surface area (Å²) in [5, 5.41) is 3.47. The molecule has 1 aromatic heterocycles. The van der Waals surface area contributed by atoms with Crippen LogP contribution >= 0.6 is 11.6 Å². The van der Waals surface area contributed by atoms with E-state index in [9.17, 15) is 4.79 Å². The van der Waals surface area contributed by atoms with Crippen molar-refractivity contribution in [2.24, 2.45) is 0 Å². The molecule has 24 heavy (non-hydrogen) atoms. The average molecular weight is 346 g/mol. The number of hydrogen-bond acceptors (Lipinski definition) is 4. The minimum atomic E-state index is -0.122. The van der Waals surface area contributed by atoms with Crippen LogP contribution in [0, 0.1) is 0 Å². The normalized spacial score (nSPS) is 17.7. The fourth-order valence-electron chi connectivity index (χ4n) is 2.95. The minimum Gasteiger partial charge on any atom is -0.497 e. The van der Waals surface area contributed by atoms with E-state index in [1.165, 1.54) is 0 Å². The van der Waals surface area contributed by atoms with Crippen molar-refractivity contribution < 1.29 is 9.53 Å². The third-order valence-corrected chi connectivity index (χ3v) is 4.42. The maximum atomic E-state index is 12.6. The summed E-state index contributed by atoms with van der Waals surface area (Å²) in [4.78, 5) is 18.9. The Hall–Kier alpha value is -2.11. The van der Waals surface area contributed by atoms with Crippen LogP contribution in [0.25, 0.3) is 0 Å². The van der Waals surface area contributed by atoms with Gasteiger partial charge in [-0.05, 0) is 55.3 Å². The van der Waals surface area contributed by atoms with Crippen LogP contribution in [0.2, 0.25) is 5.15 Å². The Balaban J connectivity index is 1.63. The van der Waals surface area contributed by atoms with Gasteiger partial charge in [0.15, 0.2) is 0 Å². The summed E-state index contributed by atoms with van der Waals surface area (Å²) in [5.41, 5.74) is 1.84. The van der Waals surface area contributed by atoms with Gasteiger partial charge in [-0.1, -0.05) is 17.7 Å². The van der Waals surface area contributed by atoms with Crippen LogP contribution in [0.4, 0.5) is 5.69 Å². The lowest BCUT2D eigenvalue weighted by Gasteiger charge is -2.23. The topological polar surface area (TPSA) is 54.5 Å². The first kappa shape index (κ1) is 16.7. The molecule has 1 amide bonds. The SMILES string of the molecule is COc1ccc(NC(=O)C2CCCN2Cc2ccc(Cl)nc2)cc1. The predicted octanol–water partition coefficient (Wildman–Crippen LogP) is 3.35. The molecule has 1 fully saturated rings. The number of nitrogens with one attached hydrogen (secondary N) is 1. The highest BCUT2D eigenvalue weighted by Crippen LogP contribution is 2.22. The lowest BCUT2D eigenvalue weighted by atomic mass is 10.2. The highest BCUT2D eigenvalue weighted by Gasteiger charge is 2.30. The maximum Gasteiger partial charge on any atom is 0.241 e. The first-order valence-electron chi connectivity index (χ1n) is 7.95. The van der Waals surface area contributed by atoms with Gasteiger partial charge in [-0.3, -0.25) is 9.69 Å². The van der Waals surface area contributed by atoms with Gasteiger partial charge in [0, 0.05) is 18.4 Å². The van der Waals surface area contributed by atoms with E-state index < -0.39 is 0 Å². The van der Waals surface area contributed by atoms with Crippen molar-refractivity contribution in [1.82, 2.24) is 9.88 Å². The monoisotopic (exact) mass is 345 g/mol. The highest BCUT2D eigenvalue weighted by atomic mass is 35.5. The third kappa shape index (κ3) is 4.04. The van der Waals surface area contributed by atoms with Gasteiger partial charge in [0.1, 0.15) is 10.9 Å². The van der Waals surface area contributed by atoms with Crippen LogP contribution in [0.15, 0.2) is 42.6 Å². The number of rotatable bonds is 5. The average Bonchev–Trinajstić information content (AvgIpc) is 3.06. The van der Waals surface area contributed by atoms with E-state index in [4.69, 9.17) is 16.3 Å². The number of pyridine rings is 1. The largest absolute Gasteiger partial charge is 0.497 e. The number of hydrogen-bond donors (Lipinski definition) is 1. The number of ether oxygens (including phenoxy) is 1. The first-order valence-corrected chi connectivity index (χ1v) is 8.33. The summed E-state index contributed by atoms with van der Waals surface area (Å²) in [6.07, 6.45) is 3.64. The number of halogens is 1. The zero-order valence-electron chi connectivity index (χ0n) is 13.5. The van der Waals surface area contributed by atoms with Crippen LogP contribution in [0.5, 0.6) is 5.75 Å².